The summed E-state index contributed by atoms with van der Waals surface area (Å²) in [7, 11) is 0. The molecule has 100 valence electrons. The molecule has 1 aromatic carbocycles. The van der Waals surface area contributed by atoms with Gasteiger partial charge in [-0.1, -0.05) is 12.1 Å². The zero-order valence-corrected chi connectivity index (χ0v) is 9.87. The molecule has 0 aliphatic carbocycles. The Kier molecular flexibility index (Phi) is 6.13. The minimum atomic E-state index is -1.03. The van der Waals surface area contributed by atoms with Crippen molar-refractivity contribution in [1.82, 2.24) is 5.32 Å². The second kappa shape index (κ2) is 7.65. The van der Waals surface area contributed by atoms with Gasteiger partial charge in [-0.3, -0.25) is 0 Å². The summed E-state index contributed by atoms with van der Waals surface area (Å²) in [5.74, 6) is -0.719. The van der Waals surface area contributed by atoms with Crippen molar-refractivity contribution in [2.45, 2.75) is 6.10 Å². The zero-order chi connectivity index (χ0) is 13.4. The van der Waals surface area contributed by atoms with E-state index >= 15 is 0 Å². The highest BCUT2D eigenvalue weighted by Crippen LogP contribution is 2.17. The van der Waals surface area contributed by atoms with Crippen LogP contribution in [-0.2, 0) is 0 Å². The van der Waals surface area contributed by atoms with Gasteiger partial charge in [0.25, 0.3) is 0 Å². The number of aromatic carboxylic acids is 1. The summed E-state index contributed by atoms with van der Waals surface area (Å²) < 4.78 is 5.33. The average Bonchev–Trinajstić information content (AvgIpc) is 2.38. The van der Waals surface area contributed by atoms with Crippen molar-refractivity contribution in [3.63, 3.8) is 0 Å². The highest BCUT2D eigenvalue weighted by molar-refractivity contribution is 5.90. The molecule has 0 heterocycles. The molecular formula is C12H17NO5. The Labute approximate surface area is 105 Å². The third-order valence-electron chi connectivity index (χ3n) is 2.24. The first kappa shape index (κ1) is 14.4. The van der Waals surface area contributed by atoms with Crippen molar-refractivity contribution in [3.05, 3.63) is 29.8 Å². The van der Waals surface area contributed by atoms with E-state index in [1.807, 2.05) is 0 Å². The number of carbonyl (C=O) groups is 1. The lowest BCUT2D eigenvalue weighted by molar-refractivity contribution is 0.0692. The van der Waals surface area contributed by atoms with E-state index in [4.69, 9.17) is 20.1 Å². The molecule has 0 radical (unpaired) electrons. The van der Waals surface area contributed by atoms with E-state index in [1.54, 1.807) is 18.2 Å². The maximum absolute atomic E-state index is 10.9. The third kappa shape index (κ3) is 4.70. The lowest BCUT2D eigenvalue weighted by atomic mass is 10.2. The molecule has 0 fully saturated rings. The molecule has 0 aliphatic rings. The Bertz CT molecular complexity index is 382. The zero-order valence-electron chi connectivity index (χ0n) is 9.87. The summed E-state index contributed by atoms with van der Waals surface area (Å²) in [4.78, 5) is 10.9. The standard InChI is InChI=1S/C12H17NO5/c14-8-9(15)7-13-5-6-18-11-4-2-1-3-10(11)12(16)17/h1-4,9,13-15H,5-8H2,(H,16,17). The van der Waals surface area contributed by atoms with Crippen LogP contribution in [0.4, 0.5) is 0 Å². The van der Waals surface area contributed by atoms with Gasteiger partial charge >= 0.3 is 5.97 Å². The molecule has 0 aliphatic heterocycles. The van der Waals surface area contributed by atoms with Crippen LogP contribution >= 0.6 is 0 Å². The van der Waals surface area contributed by atoms with Gasteiger partial charge in [0.1, 0.15) is 17.9 Å². The lowest BCUT2D eigenvalue weighted by Gasteiger charge is -2.11. The number of nitrogens with one attached hydrogen (secondary N) is 1. The highest BCUT2D eigenvalue weighted by atomic mass is 16.5. The molecule has 6 heteroatoms. The van der Waals surface area contributed by atoms with Gasteiger partial charge in [0.15, 0.2) is 0 Å². The molecule has 4 N–H and O–H groups in total. The summed E-state index contributed by atoms with van der Waals surface area (Å²) >= 11 is 0. The van der Waals surface area contributed by atoms with Crippen LogP contribution in [0.3, 0.4) is 0 Å². The van der Waals surface area contributed by atoms with Crippen molar-refractivity contribution >= 4 is 5.97 Å². The quantitative estimate of drug-likeness (QED) is 0.476. The van der Waals surface area contributed by atoms with Crippen LogP contribution in [0.1, 0.15) is 10.4 Å². The Hall–Kier alpha value is -1.63. The van der Waals surface area contributed by atoms with Crippen LogP contribution in [0, 0.1) is 0 Å². The molecule has 0 saturated heterocycles. The largest absolute Gasteiger partial charge is 0.491 e. The molecule has 6 nitrogen and oxygen atoms in total. The fourth-order valence-electron chi connectivity index (χ4n) is 1.34. The van der Waals surface area contributed by atoms with E-state index in [2.05, 4.69) is 5.32 Å². The molecule has 0 saturated carbocycles. The number of ether oxygens (including phenoxy) is 1. The van der Waals surface area contributed by atoms with E-state index in [1.165, 1.54) is 6.07 Å². The van der Waals surface area contributed by atoms with Crippen LogP contribution in [-0.4, -0.2) is 53.7 Å². The monoisotopic (exact) mass is 255 g/mol. The Morgan fingerprint density at radius 1 is 1.39 bits per heavy atom. The fourth-order valence-corrected chi connectivity index (χ4v) is 1.34. The summed E-state index contributed by atoms with van der Waals surface area (Å²) in [6.45, 7) is 0.698. The lowest BCUT2D eigenvalue weighted by Crippen LogP contribution is -2.32. The van der Waals surface area contributed by atoms with Gasteiger partial charge in [-0.05, 0) is 12.1 Å². The number of rotatable bonds is 8. The first-order valence-electron chi connectivity index (χ1n) is 5.60. The molecule has 1 rings (SSSR count). The summed E-state index contributed by atoms with van der Waals surface area (Å²) in [5.41, 5.74) is 0.118. The van der Waals surface area contributed by atoms with E-state index in [-0.39, 0.29) is 25.3 Å². The van der Waals surface area contributed by atoms with Crippen molar-refractivity contribution in [1.29, 1.82) is 0 Å². The Morgan fingerprint density at radius 2 is 2.11 bits per heavy atom. The summed E-state index contributed by atoms with van der Waals surface area (Å²) in [6.07, 6.45) is -0.795. The van der Waals surface area contributed by atoms with E-state index in [0.717, 1.165) is 0 Å². The van der Waals surface area contributed by atoms with E-state index in [9.17, 15) is 4.79 Å². The smallest absolute Gasteiger partial charge is 0.339 e. The predicted molar refractivity (Wildman–Crippen MR) is 64.9 cm³/mol. The normalized spacial score (nSPS) is 12.1. The minimum Gasteiger partial charge on any atom is -0.491 e. The number of hydrogen-bond donors (Lipinski definition) is 4. The molecule has 1 unspecified atom stereocenters. The number of carboxylic acids is 1. The molecule has 0 spiro atoms. The first-order valence-corrected chi connectivity index (χ1v) is 5.60. The van der Waals surface area contributed by atoms with E-state index in [0.29, 0.717) is 12.3 Å². The second-order valence-corrected chi connectivity index (χ2v) is 3.69. The van der Waals surface area contributed by atoms with Gasteiger partial charge < -0.3 is 25.4 Å². The molecule has 0 aromatic heterocycles. The van der Waals surface area contributed by atoms with Gasteiger partial charge in [0.05, 0.1) is 12.7 Å². The van der Waals surface area contributed by atoms with Crippen LogP contribution in [0.15, 0.2) is 24.3 Å². The summed E-state index contributed by atoms with van der Waals surface area (Å²) in [6, 6.07) is 6.39. The number of benzene rings is 1. The van der Waals surface area contributed by atoms with Gasteiger partial charge in [-0.25, -0.2) is 4.79 Å². The number of para-hydroxylation sites is 1. The minimum absolute atomic E-state index is 0.118. The topological polar surface area (TPSA) is 99.0 Å². The van der Waals surface area contributed by atoms with Crippen LogP contribution in [0.25, 0.3) is 0 Å². The van der Waals surface area contributed by atoms with Crippen molar-refractivity contribution in [2.75, 3.05) is 26.3 Å². The first-order chi connectivity index (χ1) is 8.65. The molecule has 0 bridgehead atoms. The molecule has 0 amide bonds. The summed E-state index contributed by atoms with van der Waals surface area (Å²) in [5, 5.41) is 29.4. The SMILES string of the molecule is O=C(O)c1ccccc1OCCNCC(O)CO. The molecule has 1 atom stereocenters. The average molecular weight is 255 g/mol. The van der Waals surface area contributed by atoms with Crippen molar-refractivity contribution in [3.8, 4) is 5.75 Å². The second-order valence-electron chi connectivity index (χ2n) is 3.69. The van der Waals surface area contributed by atoms with E-state index < -0.39 is 12.1 Å². The number of hydrogen-bond acceptors (Lipinski definition) is 5. The number of carboxylic acid groups (broad SMARTS) is 1. The highest BCUT2D eigenvalue weighted by Gasteiger charge is 2.09. The Balaban J connectivity index is 2.33. The third-order valence-corrected chi connectivity index (χ3v) is 2.24. The number of aliphatic hydroxyl groups is 2. The molecular weight excluding hydrogens is 238 g/mol. The van der Waals surface area contributed by atoms with Crippen molar-refractivity contribution in [2.24, 2.45) is 0 Å². The van der Waals surface area contributed by atoms with Gasteiger partial charge in [0, 0.05) is 13.1 Å². The maximum Gasteiger partial charge on any atom is 0.339 e. The Morgan fingerprint density at radius 3 is 2.78 bits per heavy atom. The maximum atomic E-state index is 10.9. The van der Waals surface area contributed by atoms with Gasteiger partial charge in [-0.2, -0.15) is 0 Å². The number of aliphatic hydroxyl groups excluding tert-OH is 2. The molecule has 18 heavy (non-hydrogen) atoms. The predicted octanol–water partition coefficient (Wildman–Crippen LogP) is -0.294. The van der Waals surface area contributed by atoms with Gasteiger partial charge in [0.2, 0.25) is 0 Å². The van der Waals surface area contributed by atoms with Crippen LogP contribution < -0.4 is 10.1 Å². The van der Waals surface area contributed by atoms with Crippen molar-refractivity contribution < 1.29 is 24.9 Å². The molecule has 1 aromatic rings. The van der Waals surface area contributed by atoms with Crippen LogP contribution in [0.5, 0.6) is 5.75 Å². The van der Waals surface area contributed by atoms with Gasteiger partial charge in [-0.15, -0.1) is 0 Å². The van der Waals surface area contributed by atoms with Crippen LogP contribution in [0.2, 0.25) is 0 Å². The fraction of sp³-hybridized carbons (Fsp3) is 0.417.